The quantitative estimate of drug-likeness (QED) is 0.721. The van der Waals surface area contributed by atoms with Crippen molar-refractivity contribution < 1.29 is 14.9 Å². The Morgan fingerprint density at radius 1 is 1.46 bits per heavy atom. The van der Waals surface area contributed by atoms with Crippen LogP contribution in [-0.2, 0) is 0 Å². The summed E-state index contributed by atoms with van der Waals surface area (Å²) in [5, 5.41) is 17.6. The Morgan fingerprint density at radius 2 is 2.23 bits per heavy atom. The van der Waals surface area contributed by atoms with Crippen molar-refractivity contribution in [3.05, 3.63) is 29.8 Å². The average molecular weight is 182 g/mol. The van der Waals surface area contributed by atoms with Gasteiger partial charge in [0.1, 0.15) is 18.5 Å². The molecule has 0 aliphatic heterocycles. The molecule has 3 heteroatoms. The Hall–Kier alpha value is -1.06. The summed E-state index contributed by atoms with van der Waals surface area (Å²) < 4.78 is 5.23. The summed E-state index contributed by atoms with van der Waals surface area (Å²) in [4.78, 5) is 0. The highest BCUT2D eigenvalue weighted by molar-refractivity contribution is 5.27. The first-order valence-electron chi connectivity index (χ1n) is 4.21. The molecule has 0 saturated carbocycles. The molecule has 3 nitrogen and oxygen atoms in total. The van der Waals surface area contributed by atoms with E-state index in [1.807, 2.05) is 31.2 Å². The maximum Gasteiger partial charge on any atom is 0.119 e. The van der Waals surface area contributed by atoms with Crippen LogP contribution >= 0.6 is 0 Å². The van der Waals surface area contributed by atoms with Crippen molar-refractivity contribution in [2.24, 2.45) is 0 Å². The molecule has 0 heterocycles. The van der Waals surface area contributed by atoms with E-state index in [2.05, 4.69) is 0 Å². The molecule has 0 spiro atoms. The molecule has 1 atom stereocenters. The monoisotopic (exact) mass is 182 g/mol. The molecule has 0 saturated heterocycles. The van der Waals surface area contributed by atoms with Crippen LogP contribution in [0.25, 0.3) is 0 Å². The van der Waals surface area contributed by atoms with Crippen molar-refractivity contribution in [3.8, 4) is 5.75 Å². The van der Waals surface area contributed by atoms with Gasteiger partial charge in [-0.1, -0.05) is 12.1 Å². The second-order valence-electron chi connectivity index (χ2n) is 2.96. The largest absolute Gasteiger partial charge is 0.491 e. The number of aryl methyl sites for hydroxylation is 1. The van der Waals surface area contributed by atoms with Crippen LogP contribution in [0.4, 0.5) is 0 Å². The van der Waals surface area contributed by atoms with Gasteiger partial charge >= 0.3 is 0 Å². The molecule has 0 radical (unpaired) electrons. The third-order valence-corrected chi connectivity index (χ3v) is 1.64. The predicted octanol–water partition coefficient (Wildman–Crippen LogP) is 0.727. The van der Waals surface area contributed by atoms with Crippen LogP contribution in [0.2, 0.25) is 0 Å². The summed E-state index contributed by atoms with van der Waals surface area (Å²) in [6.45, 7) is 1.82. The number of hydrogen-bond acceptors (Lipinski definition) is 3. The van der Waals surface area contributed by atoms with E-state index in [9.17, 15) is 0 Å². The van der Waals surface area contributed by atoms with Crippen molar-refractivity contribution in [1.29, 1.82) is 0 Å². The van der Waals surface area contributed by atoms with Gasteiger partial charge in [-0.3, -0.25) is 0 Å². The molecule has 0 aromatic heterocycles. The lowest BCUT2D eigenvalue weighted by atomic mass is 10.2. The van der Waals surface area contributed by atoms with Gasteiger partial charge < -0.3 is 14.9 Å². The van der Waals surface area contributed by atoms with E-state index in [0.717, 1.165) is 5.56 Å². The molecule has 1 aromatic rings. The number of ether oxygens (including phenoxy) is 1. The average Bonchev–Trinajstić information content (AvgIpc) is 2.14. The minimum atomic E-state index is -0.805. The number of benzene rings is 1. The molecule has 0 bridgehead atoms. The van der Waals surface area contributed by atoms with Crippen molar-refractivity contribution in [1.82, 2.24) is 0 Å². The normalized spacial score (nSPS) is 12.5. The molecule has 72 valence electrons. The van der Waals surface area contributed by atoms with Gasteiger partial charge in [0.15, 0.2) is 0 Å². The van der Waals surface area contributed by atoms with Crippen LogP contribution in [0.1, 0.15) is 5.56 Å². The minimum absolute atomic E-state index is 0.125. The van der Waals surface area contributed by atoms with Gasteiger partial charge in [0.2, 0.25) is 0 Å². The van der Waals surface area contributed by atoms with Gasteiger partial charge in [-0.2, -0.15) is 0 Å². The van der Waals surface area contributed by atoms with E-state index in [1.165, 1.54) is 0 Å². The minimum Gasteiger partial charge on any atom is -0.491 e. The lowest BCUT2D eigenvalue weighted by molar-refractivity contribution is 0.0536. The Balaban J connectivity index is 2.45. The van der Waals surface area contributed by atoms with E-state index < -0.39 is 6.10 Å². The van der Waals surface area contributed by atoms with Crippen LogP contribution in [0.3, 0.4) is 0 Å². The Bertz CT molecular complexity index is 260. The second-order valence-corrected chi connectivity index (χ2v) is 2.96. The fourth-order valence-corrected chi connectivity index (χ4v) is 0.950. The third-order valence-electron chi connectivity index (χ3n) is 1.64. The van der Waals surface area contributed by atoms with Crippen LogP contribution in [-0.4, -0.2) is 29.5 Å². The number of hydrogen-bond donors (Lipinski definition) is 2. The molecular formula is C10H14O3. The van der Waals surface area contributed by atoms with Crippen molar-refractivity contribution in [3.63, 3.8) is 0 Å². The maximum absolute atomic E-state index is 9.01. The molecular weight excluding hydrogens is 168 g/mol. The highest BCUT2D eigenvalue weighted by Crippen LogP contribution is 2.12. The van der Waals surface area contributed by atoms with E-state index in [-0.39, 0.29) is 13.2 Å². The first-order valence-corrected chi connectivity index (χ1v) is 4.21. The molecule has 2 N–H and O–H groups in total. The molecule has 0 fully saturated rings. The highest BCUT2D eigenvalue weighted by atomic mass is 16.5. The molecule has 0 unspecified atom stereocenters. The fourth-order valence-electron chi connectivity index (χ4n) is 0.950. The van der Waals surface area contributed by atoms with Crippen molar-refractivity contribution in [2.75, 3.05) is 13.2 Å². The lowest BCUT2D eigenvalue weighted by Gasteiger charge is -2.09. The van der Waals surface area contributed by atoms with E-state index in [4.69, 9.17) is 14.9 Å². The summed E-state index contributed by atoms with van der Waals surface area (Å²) in [5.74, 6) is 0.715. The first-order chi connectivity index (χ1) is 6.22. The van der Waals surface area contributed by atoms with Crippen LogP contribution in [0.15, 0.2) is 24.3 Å². The van der Waals surface area contributed by atoms with Crippen molar-refractivity contribution in [2.45, 2.75) is 13.0 Å². The SMILES string of the molecule is Cc1cccc(OC[C@H](O)CO)c1. The zero-order valence-electron chi connectivity index (χ0n) is 7.60. The summed E-state index contributed by atoms with van der Waals surface area (Å²) in [6.07, 6.45) is -0.805. The van der Waals surface area contributed by atoms with Gasteiger partial charge in [-0.25, -0.2) is 0 Å². The third kappa shape index (κ3) is 3.44. The zero-order valence-corrected chi connectivity index (χ0v) is 7.60. The van der Waals surface area contributed by atoms with E-state index in [0.29, 0.717) is 5.75 Å². The van der Waals surface area contributed by atoms with Crippen LogP contribution in [0, 0.1) is 6.92 Å². The van der Waals surface area contributed by atoms with Gasteiger partial charge in [0.05, 0.1) is 6.61 Å². The standard InChI is InChI=1S/C10H14O3/c1-8-3-2-4-10(5-8)13-7-9(12)6-11/h2-5,9,11-12H,6-7H2,1H3/t9-/m1/s1. The van der Waals surface area contributed by atoms with Crippen LogP contribution < -0.4 is 4.74 Å². The Morgan fingerprint density at radius 3 is 2.85 bits per heavy atom. The van der Waals surface area contributed by atoms with Gasteiger partial charge in [0.25, 0.3) is 0 Å². The summed E-state index contributed by atoms with van der Waals surface area (Å²) >= 11 is 0. The molecule has 0 amide bonds. The smallest absolute Gasteiger partial charge is 0.119 e. The van der Waals surface area contributed by atoms with Gasteiger partial charge in [0, 0.05) is 0 Å². The Labute approximate surface area is 77.6 Å². The molecule has 1 aromatic carbocycles. The summed E-state index contributed by atoms with van der Waals surface area (Å²) in [7, 11) is 0. The highest BCUT2D eigenvalue weighted by Gasteiger charge is 2.02. The summed E-state index contributed by atoms with van der Waals surface area (Å²) in [6, 6.07) is 7.55. The van der Waals surface area contributed by atoms with E-state index >= 15 is 0 Å². The maximum atomic E-state index is 9.01. The van der Waals surface area contributed by atoms with Crippen LogP contribution in [0.5, 0.6) is 5.75 Å². The molecule has 1 rings (SSSR count). The van der Waals surface area contributed by atoms with Gasteiger partial charge in [-0.05, 0) is 24.6 Å². The van der Waals surface area contributed by atoms with E-state index in [1.54, 1.807) is 0 Å². The van der Waals surface area contributed by atoms with Gasteiger partial charge in [-0.15, -0.1) is 0 Å². The summed E-state index contributed by atoms with van der Waals surface area (Å²) in [5.41, 5.74) is 1.11. The molecule has 0 aliphatic rings. The lowest BCUT2D eigenvalue weighted by Crippen LogP contribution is -2.21. The number of aliphatic hydroxyl groups excluding tert-OH is 2. The predicted molar refractivity (Wildman–Crippen MR) is 49.8 cm³/mol. The van der Waals surface area contributed by atoms with Crippen molar-refractivity contribution >= 4 is 0 Å². The zero-order chi connectivity index (χ0) is 9.68. The topological polar surface area (TPSA) is 49.7 Å². The number of rotatable bonds is 4. The first kappa shape index (κ1) is 10.0. The molecule has 13 heavy (non-hydrogen) atoms. The Kier molecular flexibility index (Phi) is 3.73. The second kappa shape index (κ2) is 4.84. The number of aliphatic hydroxyl groups is 2. The molecule has 0 aliphatic carbocycles. The fraction of sp³-hybridized carbons (Fsp3) is 0.400.